The number of amides is 1. The maximum atomic E-state index is 12.5. The number of ether oxygens (including phenoxy) is 1. The number of carbonyl (C=O) groups is 1. The van der Waals surface area contributed by atoms with Crippen molar-refractivity contribution >= 4 is 33.2 Å². The van der Waals surface area contributed by atoms with Crippen LogP contribution in [0.5, 0.6) is 5.75 Å². The van der Waals surface area contributed by atoms with E-state index in [1.54, 1.807) is 41.3 Å². The van der Waals surface area contributed by atoms with Crippen molar-refractivity contribution in [3.63, 3.8) is 0 Å². The van der Waals surface area contributed by atoms with Gasteiger partial charge in [-0.1, -0.05) is 28.1 Å². The maximum Gasteiger partial charge on any atom is 0.307 e. The zero-order valence-electron chi connectivity index (χ0n) is 16.6. The Hall–Kier alpha value is -3.99. The second-order valence-electron chi connectivity index (χ2n) is 6.80. The number of rotatable bonds is 8. The maximum absolute atomic E-state index is 12.5. The average molecular weight is 497 g/mol. The van der Waals surface area contributed by atoms with Crippen LogP contribution in [0.3, 0.4) is 0 Å². The summed E-state index contributed by atoms with van der Waals surface area (Å²) >= 11 is 3.37. The van der Waals surface area contributed by atoms with Crippen LogP contribution in [0.15, 0.2) is 77.8 Å². The van der Waals surface area contributed by atoms with E-state index in [4.69, 9.17) is 4.74 Å². The summed E-state index contributed by atoms with van der Waals surface area (Å²) in [6.07, 6.45) is 5.78. The third-order valence-electron chi connectivity index (χ3n) is 4.46. The summed E-state index contributed by atoms with van der Waals surface area (Å²) in [5, 5.41) is 21.7. The van der Waals surface area contributed by atoms with Gasteiger partial charge in [-0.3, -0.25) is 19.6 Å². The van der Waals surface area contributed by atoms with Crippen LogP contribution in [-0.2, 0) is 13.3 Å². The summed E-state index contributed by atoms with van der Waals surface area (Å²) in [5.41, 5.74) is 1.81. The van der Waals surface area contributed by atoms with Crippen LogP contribution >= 0.6 is 15.9 Å². The Kier molecular flexibility index (Phi) is 6.26. The van der Waals surface area contributed by atoms with Crippen LogP contribution in [-0.4, -0.2) is 30.4 Å². The van der Waals surface area contributed by atoms with Gasteiger partial charge in [0.1, 0.15) is 18.1 Å². The molecule has 2 aromatic carbocycles. The molecule has 4 aromatic rings. The highest BCUT2D eigenvalue weighted by Crippen LogP contribution is 2.17. The zero-order valence-corrected chi connectivity index (χ0v) is 18.2. The molecule has 0 fully saturated rings. The highest BCUT2D eigenvalue weighted by Gasteiger charge is 2.11. The largest absolute Gasteiger partial charge is 0.471 e. The average Bonchev–Trinajstić information content (AvgIpc) is 3.43. The summed E-state index contributed by atoms with van der Waals surface area (Å²) in [6.45, 7) is 0.568. The van der Waals surface area contributed by atoms with E-state index in [-0.39, 0.29) is 18.3 Å². The number of nitro groups is 1. The number of benzene rings is 2. The Bertz CT molecular complexity index is 1230. The van der Waals surface area contributed by atoms with Gasteiger partial charge in [-0.2, -0.15) is 10.2 Å². The third-order valence-corrected chi connectivity index (χ3v) is 4.99. The number of anilines is 1. The lowest BCUT2D eigenvalue weighted by atomic mass is 10.1. The lowest BCUT2D eigenvalue weighted by Crippen LogP contribution is -2.12. The molecule has 0 spiro atoms. The molecule has 0 unspecified atom stereocenters. The molecule has 0 aliphatic rings. The lowest BCUT2D eigenvalue weighted by Gasteiger charge is -2.06. The van der Waals surface area contributed by atoms with Gasteiger partial charge in [0.15, 0.2) is 6.73 Å². The minimum absolute atomic E-state index is 0.0659. The van der Waals surface area contributed by atoms with Crippen LogP contribution in [0.1, 0.15) is 15.9 Å². The predicted octanol–water partition coefficient (Wildman–Crippen LogP) is 4.09. The number of halogens is 1. The molecule has 0 aliphatic heterocycles. The van der Waals surface area contributed by atoms with E-state index in [9.17, 15) is 14.9 Å². The number of nitrogens with zero attached hydrogens (tertiary/aromatic N) is 5. The van der Waals surface area contributed by atoms with Crippen LogP contribution in [0, 0.1) is 10.1 Å². The molecular weight excluding hydrogens is 480 g/mol. The number of hydrogen-bond acceptors (Lipinski definition) is 6. The quantitative estimate of drug-likeness (QED) is 0.290. The Morgan fingerprint density at radius 2 is 1.75 bits per heavy atom. The number of hydrogen-bond donors (Lipinski definition) is 1. The van der Waals surface area contributed by atoms with Crippen molar-refractivity contribution in [3.8, 4) is 5.75 Å². The first-order valence-corrected chi connectivity index (χ1v) is 10.2. The lowest BCUT2D eigenvalue weighted by molar-refractivity contribution is -0.385. The zero-order chi connectivity index (χ0) is 22.5. The molecule has 32 heavy (non-hydrogen) atoms. The smallest absolute Gasteiger partial charge is 0.307 e. The molecule has 162 valence electrons. The molecule has 4 rings (SSSR count). The van der Waals surface area contributed by atoms with Gasteiger partial charge in [-0.25, -0.2) is 4.68 Å². The van der Waals surface area contributed by atoms with Gasteiger partial charge < -0.3 is 10.1 Å². The van der Waals surface area contributed by atoms with Gasteiger partial charge in [-0.15, -0.1) is 0 Å². The van der Waals surface area contributed by atoms with E-state index >= 15 is 0 Å². The van der Waals surface area contributed by atoms with Gasteiger partial charge in [-0.05, 0) is 42.0 Å². The van der Waals surface area contributed by atoms with Crippen LogP contribution in [0.25, 0.3) is 0 Å². The molecule has 2 aromatic heterocycles. The minimum atomic E-state index is -0.494. The van der Waals surface area contributed by atoms with Gasteiger partial charge in [0, 0.05) is 10.0 Å². The second kappa shape index (κ2) is 9.43. The molecule has 0 bridgehead atoms. The first-order chi connectivity index (χ1) is 15.5. The van der Waals surface area contributed by atoms with E-state index in [2.05, 4.69) is 31.4 Å². The van der Waals surface area contributed by atoms with E-state index < -0.39 is 4.92 Å². The molecule has 10 nitrogen and oxygen atoms in total. The third kappa shape index (κ3) is 5.38. The van der Waals surface area contributed by atoms with Crippen molar-refractivity contribution in [2.24, 2.45) is 0 Å². The van der Waals surface area contributed by atoms with E-state index in [1.165, 1.54) is 17.1 Å². The molecular formula is C21H17BrN6O4. The summed E-state index contributed by atoms with van der Waals surface area (Å²) in [4.78, 5) is 22.8. The minimum Gasteiger partial charge on any atom is -0.471 e. The number of nitrogens with one attached hydrogen (secondary N) is 1. The second-order valence-corrected chi connectivity index (χ2v) is 7.72. The highest BCUT2D eigenvalue weighted by atomic mass is 79.9. The fraction of sp³-hybridized carbons (Fsp3) is 0.0952. The van der Waals surface area contributed by atoms with Crippen molar-refractivity contribution in [1.29, 1.82) is 0 Å². The van der Waals surface area contributed by atoms with Crippen LogP contribution in [0.4, 0.5) is 11.4 Å². The molecule has 0 aliphatic carbocycles. The SMILES string of the molecule is O=C(Nc1cnn(COc2ccc(Br)cc2)c1)c1ccc(Cn2cc([N+](=O)[O-])cn2)cc1. The van der Waals surface area contributed by atoms with Crippen molar-refractivity contribution in [2.45, 2.75) is 13.3 Å². The summed E-state index contributed by atoms with van der Waals surface area (Å²) in [7, 11) is 0. The Labute approximate surface area is 190 Å². The Balaban J connectivity index is 1.31. The van der Waals surface area contributed by atoms with E-state index in [1.807, 2.05) is 24.3 Å². The Morgan fingerprint density at radius 3 is 2.44 bits per heavy atom. The fourth-order valence-electron chi connectivity index (χ4n) is 2.86. The first kappa shape index (κ1) is 21.2. The fourth-order valence-corrected chi connectivity index (χ4v) is 3.12. The van der Waals surface area contributed by atoms with Crippen molar-refractivity contribution in [2.75, 3.05) is 5.32 Å². The van der Waals surface area contributed by atoms with Crippen LogP contribution < -0.4 is 10.1 Å². The number of carbonyl (C=O) groups excluding carboxylic acids is 1. The highest BCUT2D eigenvalue weighted by molar-refractivity contribution is 9.10. The topological polar surface area (TPSA) is 117 Å². The van der Waals surface area contributed by atoms with Crippen molar-refractivity contribution in [1.82, 2.24) is 19.6 Å². The molecule has 11 heteroatoms. The molecule has 0 radical (unpaired) electrons. The van der Waals surface area contributed by atoms with Gasteiger partial charge in [0.05, 0.1) is 29.5 Å². The standard InChI is InChI=1S/C21H17BrN6O4/c22-17-5-7-20(8-6-17)32-14-27-12-18(9-23-27)25-21(29)16-3-1-15(2-4-16)11-26-13-19(10-24-26)28(30)31/h1-10,12-13H,11,14H2,(H,25,29). The first-order valence-electron chi connectivity index (χ1n) is 9.44. The van der Waals surface area contributed by atoms with Crippen LogP contribution in [0.2, 0.25) is 0 Å². The molecule has 1 amide bonds. The molecule has 0 atom stereocenters. The summed E-state index contributed by atoms with van der Waals surface area (Å²) < 4.78 is 9.66. The van der Waals surface area contributed by atoms with Gasteiger partial charge in [0.2, 0.25) is 0 Å². The van der Waals surface area contributed by atoms with Crippen molar-refractivity contribution < 1.29 is 14.5 Å². The van der Waals surface area contributed by atoms with Gasteiger partial charge >= 0.3 is 5.69 Å². The predicted molar refractivity (Wildman–Crippen MR) is 119 cm³/mol. The summed E-state index contributed by atoms with van der Waals surface area (Å²) in [6, 6.07) is 14.4. The van der Waals surface area contributed by atoms with Crippen molar-refractivity contribution in [3.05, 3.63) is 99.0 Å². The monoisotopic (exact) mass is 496 g/mol. The normalized spacial score (nSPS) is 10.7. The molecule has 0 saturated carbocycles. The van der Waals surface area contributed by atoms with E-state index in [0.717, 1.165) is 10.0 Å². The van der Waals surface area contributed by atoms with E-state index in [0.29, 0.717) is 23.5 Å². The molecule has 0 saturated heterocycles. The summed E-state index contributed by atoms with van der Waals surface area (Å²) in [5.74, 6) is 0.429. The Morgan fingerprint density at radius 1 is 1.03 bits per heavy atom. The molecule has 1 N–H and O–H groups in total. The molecule has 2 heterocycles. The number of aromatic nitrogens is 4. The van der Waals surface area contributed by atoms with Gasteiger partial charge in [0.25, 0.3) is 5.91 Å².